The van der Waals surface area contributed by atoms with Crippen molar-refractivity contribution in [2.75, 3.05) is 12.4 Å². The molecule has 1 amide bonds. The molecule has 0 aliphatic heterocycles. The van der Waals surface area contributed by atoms with E-state index < -0.39 is 5.91 Å². The first-order chi connectivity index (χ1) is 10.3. The van der Waals surface area contributed by atoms with Crippen LogP contribution in [0.5, 0.6) is 5.88 Å². The number of furan rings is 1. The number of amides is 1. The molecular formula is C14H11N3O4. The number of carbonyl (C=O) groups is 1. The Morgan fingerprint density at radius 1 is 1.29 bits per heavy atom. The van der Waals surface area contributed by atoms with E-state index in [1.165, 1.54) is 25.6 Å². The average Bonchev–Trinajstić information content (AvgIpc) is 3.19. The Labute approximate surface area is 119 Å². The lowest BCUT2D eigenvalue weighted by molar-refractivity contribution is 0.101. The van der Waals surface area contributed by atoms with Gasteiger partial charge < -0.3 is 19.0 Å². The fourth-order valence-corrected chi connectivity index (χ4v) is 1.69. The quantitative estimate of drug-likeness (QED) is 0.792. The molecular weight excluding hydrogens is 274 g/mol. The lowest BCUT2D eigenvalue weighted by Gasteiger charge is -2.03. The standard InChI is InChI=1S/C14H11N3O4/c1-19-13-5-4-9(8-15-13)16-14(18)10-7-12(21-17-10)11-3-2-6-20-11/h2-8H,1H3,(H,16,18). The molecule has 0 aliphatic rings. The number of hydrogen-bond donors (Lipinski definition) is 1. The van der Waals surface area contributed by atoms with Crippen molar-refractivity contribution in [3.63, 3.8) is 0 Å². The topological polar surface area (TPSA) is 90.4 Å². The molecule has 0 unspecified atom stereocenters. The van der Waals surface area contributed by atoms with Crippen molar-refractivity contribution < 1.29 is 18.5 Å². The van der Waals surface area contributed by atoms with E-state index in [9.17, 15) is 4.79 Å². The van der Waals surface area contributed by atoms with Crippen LogP contribution in [-0.4, -0.2) is 23.2 Å². The fraction of sp³-hybridized carbons (Fsp3) is 0.0714. The monoisotopic (exact) mass is 285 g/mol. The molecule has 0 radical (unpaired) electrons. The van der Waals surface area contributed by atoms with Gasteiger partial charge in [0.25, 0.3) is 5.91 Å². The van der Waals surface area contributed by atoms with E-state index in [0.29, 0.717) is 23.1 Å². The zero-order valence-corrected chi connectivity index (χ0v) is 11.1. The second-order valence-corrected chi connectivity index (χ2v) is 4.10. The summed E-state index contributed by atoms with van der Waals surface area (Å²) in [6, 6.07) is 8.27. The van der Waals surface area contributed by atoms with Crippen LogP contribution >= 0.6 is 0 Å². The second-order valence-electron chi connectivity index (χ2n) is 4.10. The largest absolute Gasteiger partial charge is 0.481 e. The van der Waals surface area contributed by atoms with Crippen molar-refractivity contribution in [2.45, 2.75) is 0 Å². The summed E-state index contributed by atoms with van der Waals surface area (Å²) in [7, 11) is 1.52. The van der Waals surface area contributed by atoms with E-state index in [2.05, 4.69) is 15.5 Å². The Morgan fingerprint density at radius 2 is 2.19 bits per heavy atom. The molecule has 0 aliphatic carbocycles. The highest BCUT2D eigenvalue weighted by Gasteiger charge is 2.15. The highest BCUT2D eigenvalue weighted by atomic mass is 16.5. The molecule has 1 N–H and O–H groups in total. The molecule has 3 rings (SSSR count). The smallest absolute Gasteiger partial charge is 0.277 e. The Bertz CT molecular complexity index is 732. The Hall–Kier alpha value is -3.09. The third-order valence-electron chi connectivity index (χ3n) is 2.71. The Kier molecular flexibility index (Phi) is 3.38. The van der Waals surface area contributed by atoms with Crippen molar-refractivity contribution in [2.24, 2.45) is 0 Å². The summed E-state index contributed by atoms with van der Waals surface area (Å²) in [5.41, 5.74) is 0.681. The molecule has 3 aromatic rings. The SMILES string of the molecule is COc1ccc(NC(=O)c2cc(-c3ccco3)on2)cn1. The number of carbonyl (C=O) groups excluding carboxylic acids is 1. The predicted octanol–water partition coefficient (Wildman–Crippen LogP) is 2.59. The number of methoxy groups -OCH3 is 1. The summed E-state index contributed by atoms with van der Waals surface area (Å²) in [5.74, 6) is 0.962. The normalized spacial score (nSPS) is 10.3. The van der Waals surface area contributed by atoms with E-state index >= 15 is 0 Å². The molecule has 0 fully saturated rings. The van der Waals surface area contributed by atoms with Crippen LogP contribution in [0.25, 0.3) is 11.5 Å². The first kappa shape index (κ1) is 12.9. The van der Waals surface area contributed by atoms with Gasteiger partial charge in [-0.15, -0.1) is 0 Å². The van der Waals surface area contributed by atoms with Crippen LogP contribution in [0.2, 0.25) is 0 Å². The molecule has 3 heterocycles. The van der Waals surface area contributed by atoms with Crippen molar-refractivity contribution >= 4 is 11.6 Å². The molecule has 106 valence electrons. The summed E-state index contributed by atoms with van der Waals surface area (Å²) in [5, 5.41) is 6.37. The van der Waals surface area contributed by atoms with E-state index in [0.717, 1.165) is 0 Å². The summed E-state index contributed by atoms with van der Waals surface area (Å²) in [6.07, 6.45) is 3.00. The minimum absolute atomic E-state index is 0.150. The highest BCUT2D eigenvalue weighted by molar-refractivity contribution is 6.03. The van der Waals surface area contributed by atoms with Gasteiger partial charge in [-0.25, -0.2) is 4.98 Å². The van der Waals surface area contributed by atoms with E-state index in [4.69, 9.17) is 13.7 Å². The van der Waals surface area contributed by atoms with Gasteiger partial charge in [-0.05, 0) is 18.2 Å². The molecule has 7 heteroatoms. The van der Waals surface area contributed by atoms with Crippen LogP contribution in [0.4, 0.5) is 5.69 Å². The first-order valence-electron chi connectivity index (χ1n) is 6.08. The lowest BCUT2D eigenvalue weighted by Crippen LogP contribution is -2.12. The van der Waals surface area contributed by atoms with Gasteiger partial charge in [-0.1, -0.05) is 5.16 Å². The Morgan fingerprint density at radius 3 is 2.86 bits per heavy atom. The minimum Gasteiger partial charge on any atom is -0.481 e. The second kappa shape index (κ2) is 5.49. The van der Waals surface area contributed by atoms with E-state index in [-0.39, 0.29) is 5.69 Å². The van der Waals surface area contributed by atoms with Gasteiger partial charge in [-0.2, -0.15) is 0 Å². The average molecular weight is 285 g/mol. The third kappa shape index (κ3) is 2.76. The molecule has 0 bridgehead atoms. The van der Waals surface area contributed by atoms with E-state index in [1.807, 2.05) is 0 Å². The molecule has 21 heavy (non-hydrogen) atoms. The maximum Gasteiger partial charge on any atom is 0.277 e. The van der Waals surface area contributed by atoms with Crippen LogP contribution in [-0.2, 0) is 0 Å². The number of pyridine rings is 1. The summed E-state index contributed by atoms with van der Waals surface area (Å²) in [6.45, 7) is 0. The molecule has 7 nitrogen and oxygen atoms in total. The number of nitrogens with zero attached hydrogens (tertiary/aromatic N) is 2. The number of hydrogen-bond acceptors (Lipinski definition) is 6. The van der Waals surface area contributed by atoms with Crippen molar-refractivity contribution in [3.8, 4) is 17.4 Å². The molecule has 3 aromatic heterocycles. The Balaban J connectivity index is 1.73. The molecule has 0 saturated carbocycles. The zero-order chi connectivity index (χ0) is 14.7. The van der Waals surface area contributed by atoms with Crippen LogP contribution in [0.15, 0.2) is 51.7 Å². The third-order valence-corrected chi connectivity index (χ3v) is 2.71. The van der Waals surface area contributed by atoms with Gasteiger partial charge in [0, 0.05) is 12.1 Å². The first-order valence-corrected chi connectivity index (χ1v) is 6.08. The summed E-state index contributed by atoms with van der Waals surface area (Å²) in [4.78, 5) is 16.0. The van der Waals surface area contributed by atoms with Gasteiger partial charge in [0.2, 0.25) is 11.6 Å². The number of anilines is 1. The lowest BCUT2D eigenvalue weighted by atomic mass is 10.3. The van der Waals surface area contributed by atoms with Crippen LogP contribution in [0.3, 0.4) is 0 Å². The van der Waals surface area contributed by atoms with Crippen molar-refractivity contribution in [1.29, 1.82) is 0 Å². The van der Waals surface area contributed by atoms with Gasteiger partial charge >= 0.3 is 0 Å². The van der Waals surface area contributed by atoms with Gasteiger partial charge in [0.15, 0.2) is 11.5 Å². The fourth-order valence-electron chi connectivity index (χ4n) is 1.69. The number of ether oxygens (including phenoxy) is 1. The van der Waals surface area contributed by atoms with Gasteiger partial charge in [0.05, 0.1) is 25.3 Å². The van der Waals surface area contributed by atoms with Crippen LogP contribution in [0.1, 0.15) is 10.5 Å². The van der Waals surface area contributed by atoms with Crippen molar-refractivity contribution in [3.05, 3.63) is 48.5 Å². The van der Waals surface area contributed by atoms with Crippen molar-refractivity contribution in [1.82, 2.24) is 10.1 Å². The van der Waals surface area contributed by atoms with E-state index in [1.54, 1.807) is 24.3 Å². The summed E-state index contributed by atoms with van der Waals surface area (Å²) < 4.78 is 15.2. The molecule has 0 atom stereocenters. The maximum atomic E-state index is 12.0. The van der Waals surface area contributed by atoms with Crippen LogP contribution in [0, 0.1) is 0 Å². The van der Waals surface area contributed by atoms with Gasteiger partial charge in [0.1, 0.15) is 0 Å². The molecule has 0 spiro atoms. The molecule has 0 saturated heterocycles. The van der Waals surface area contributed by atoms with Gasteiger partial charge in [-0.3, -0.25) is 4.79 Å². The predicted molar refractivity (Wildman–Crippen MR) is 72.9 cm³/mol. The summed E-state index contributed by atoms with van der Waals surface area (Å²) >= 11 is 0. The number of rotatable bonds is 4. The number of nitrogens with one attached hydrogen (secondary N) is 1. The number of aromatic nitrogens is 2. The zero-order valence-electron chi connectivity index (χ0n) is 11.1. The minimum atomic E-state index is -0.400. The maximum absolute atomic E-state index is 12.0. The highest BCUT2D eigenvalue weighted by Crippen LogP contribution is 2.21. The molecule has 0 aromatic carbocycles. The van der Waals surface area contributed by atoms with Crippen LogP contribution < -0.4 is 10.1 Å².